The molecular weight excluding hydrogens is 255 g/mol. The van der Waals surface area contributed by atoms with Crippen LogP contribution in [0.2, 0.25) is 0 Å². The maximum Gasteiger partial charge on any atom is 0.472 e. The Morgan fingerprint density at radius 1 is 1.53 bits per heavy atom. The summed E-state index contributed by atoms with van der Waals surface area (Å²) in [4.78, 5) is 29.5. The lowest BCUT2D eigenvalue weighted by Gasteiger charge is -2.17. The monoisotopic (exact) mass is 268 g/mol. The summed E-state index contributed by atoms with van der Waals surface area (Å²) in [5.41, 5.74) is 0. The van der Waals surface area contributed by atoms with Crippen molar-refractivity contribution in [3.8, 4) is 0 Å². The van der Waals surface area contributed by atoms with Gasteiger partial charge in [0.15, 0.2) is 6.29 Å². The van der Waals surface area contributed by atoms with Crippen LogP contribution in [0.25, 0.3) is 0 Å². The van der Waals surface area contributed by atoms with E-state index in [1.165, 1.54) is 0 Å². The standard InChI is InChI=1S/C8H13O8P/c1-2-7(3-8(11)12)16-17(13,14)15-5-6(10)4-9/h2,4,6-7,10H,1,3,5H2,(H,11,12)(H,13,14). The van der Waals surface area contributed by atoms with E-state index in [-0.39, 0.29) is 6.29 Å². The Balaban J connectivity index is 4.30. The molecule has 0 saturated carbocycles. The van der Waals surface area contributed by atoms with Crippen LogP contribution in [-0.2, 0) is 23.2 Å². The predicted molar refractivity (Wildman–Crippen MR) is 55.2 cm³/mol. The molecule has 0 aliphatic carbocycles. The Hall–Kier alpha value is -1.05. The highest BCUT2D eigenvalue weighted by atomic mass is 31.2. The molecule has 3 N–H and O–H groups in total. The molecule has 0 aromatic heterocycles. The molecule has 8 nitrogen and oxygen atoms in total. The van der Waals surface area contributed by atoms with Crippen molar-refractivity contribution < 1.29 is 38.3 Å². The average Bonchev–Trinajstić information content (AvgIpc) is 2.24. The summed E-state index contributed by atoms with van der Waals surface area (Å²) >= 11 is 0. The van der Waals surface area contributed by atoms with Crippen LogP contribution >= 0.6 is 7.82 Å². The molecule has 0 rings (SSSR count). The van der Waals surface area contributed by atoms with E-state index >= 15 is 0 Å². The molecule has 0 aliphatic rings. The van der Waals surface area contributed by atoms with E-state index in [0.717, 1.165) is 6.08 Å². The first kappa shape index (κ1) is 16.0. The number of phosphoric acid groups is 1. The lowest BCUT2D eigenvalue weighted by atomic mass is 10.2. The number of hydrogen-bond donors (Lipinski definition) is 3. The summed E-state index contributed by atoms with van der Waals surface area (Å²) in [5, 5.41) is 17.2. The van der Waals surface area contributed by atoms with Gasteiger partial charge in [0.25, 0.3) is 0 Å². The van der Waals surface area contributed by atoms with Crippen molar-refractivity contribution in [2.75, 3.05) is 6.61 Å². The van der Waals surface area contributed by atoms with Crippen molar-refractivity contribution >= 4 is 20.1 Å². The van der Waals surface area contributed by atoms with E-state index < -0.39 is 39.0 Å². The number of rotatable bonds is 9. The van der Waals surface area contributed by atoms with Gasteiger partial charge in [0.2, 0.25) is 0 Å². The van der Waals surface area contributed by atoms with Gasteiger partial charge in [-0.05, 0) is 0 Å². The second-order valence-electron chi connectivity index (χ2n) is 2.95. The number of phosphoric ester groups is 1. The van der Waals surface area contributed by atoms with Gasteiger partial charge < -0.3 is 19.9 Å². The summed E-state index contributed by atoms with van der Waals surface area (Å²) in [6.07, 6.45) is -2.19. The van der Waals surface area contributed by atoms with Crippen molar-refractivity contribution in [2.45, 2.75) is 18.6 Å². The van der Waals surface area contributed by atoms with E-state index in [1.807, 2.05) is 0 Å². The van der Waals surface area contributed by atoms with E-state index in [2.05, 4.69) is 15.6 Å². The molecule has 0 aromatic carbocycles. The van der Waals surface area contributed by atoms with Crippen LogP contribution in [0.3, 0.4) is 0 Å². The largest absolute Gasteiger partial charge is 0.481 e. The number of carbonyl (C=O) groups is 2. The molecule has 17 heavy (non-hydrogen) atoms. The van der Waals surface area contributed by atoms with Crippen LogP contribution in [0.5, 0.6) is 0 Å². The van der Waals surface area contributed by atoms with E-state index in [4.69, 9.17) is 15.1 Å². The Bertz CT molecular complexity index is 327. The van der Waals surface area contributed by atoms with Gasteiger partial charge in [-0.3, -0.25) is 13.8 Å². The highest BCUT2D eigenvalue weighted by Crippen LogP contribution is 2.45. The van der Waals surface area contributed by atoms with Crippen molar-refractivity contribution in [2.24, 2.45) is 0 Å². The smallest absolute Gasteiger partial charge is 0.472 e. The van der Waals surface area contributed by atoms with Crippen LogP contribution in [0.15, 0.2) is 12.7 Å². The second-order valence-corrected chi connectivity index (χ2v) is 4.35. The topological polar surface area (TPSA) is 130 Å². The molecule has 0 spiro atoms. The summed E-state index contributed by atoms with van der Waals surface area (Å²) in [6, 6.07) is 0. The minimum absolute atomic E-state index is 0.113. The van der Waals surface area contributed by atoms with Crippen LogP contribution in [0.4, 0.5) is 0 Å². The van der Waals surface area contributed by atoms with Gasteiger partial charge in [0.1, 0.15) is 6.10 Å². The van der Waals surface area contributed by atoms with Gasteiger partial charge in [0.05, 0.1) is 19.1 Å². The zero-order valence-corrected chi connectivity index (χ0v) is 9.66. The molecule has 0 fully saturated rings. The van der Waals surface area contributed by atoms with Crippen molar-refractivity contribution in [3.63, 3.8) is 0 Å². The molecular formula is C8H13O8P. The van der Waals surface area contributed by atoms with Gasteiger partial charge in [-0.2, -0.15) is 0 Å². The number of aldehydes is 1. The first-order chi connectivity index (χ1) is 7.80. The Labute approximate surface area is 97.1 Å². The van der Waals surface area contributed by atoms with Gasteiger partial charge in [-0.15, -0.1) is 6.58 Å². The Morgan fingerprint density at radius 2 is 2.12 bits per heavy atom. The Morgan fingerprint density at radius 3 is 2.53 bits per heavy atom. The molecule has 9 heteroatoms. The highest BCUT2D eigenvalue weighted by Gasteiger charge is 2.27. The summed E-state index contributed by atoms with van der Waals surface area (Å²) < 4.78 is 19.9. The van der Waals surface area contributed by atoms with Gasteiger partial charge in [0, 0.05) is 0 Å². The molecule has 98 valence electrons. The van der Waals surface area contributed by atoms with Crippen molar-refractivity contribution in [1.82, 2.24) is 0 Å². The van der Waals surface area contributed by atoms with E-state index in [1.54, 1.807) is 0 Å². The van der Waals surface area contributed by atoms with Crippen LogP contribution in [0, 0.1) is 0 Å². The third kappa shape index (κ3) is 7.78. The zero-order valence-electron chi connectivity index (χ0n) is 8.76. The molecule has 0 radical (unpaired) electrons. The van der Waals surface area contributed by atoms with Crippen molar-refractivity contribution in [1.29, 1.82) is 0 Å². The third-order valence-corrected chi connectivity index (χ3v) is 2.49. The van der Waals surface area contributed by atoms with Crippen molar-refractivity contribution in [3.05, 3.63) is 12.7 Å². The molecule has 0 heterocycles. The molecule has 0 aromatic rings. The zero-order chi connectivity index (χ0) is 13.5. The highest BCUT2D eigenvalue weighted by molar-refractivity contribution is 7.47. The minimum atomic E-state index is -4.54. The quantitative estimate of drug-likeness (QED) is 0.295. The van der Waals surface area contributed by atoms with Gasteiger partial charge >= 0.3 is 13.8 Å². The maximum atomic E-state index is 11.2. The fourth-order valence-electron chi connectivity index (χ4n) is 0.747. The number of aliphatic hydroxyl groups is 1. The number of hydrogen-bond acceptors (Lipinski definition) is 6. The predicted octanol–water partition coefficient (Wildman–Crippen LogP) is -0.291. The van der Waals surface area contributed by atoms with Gasteiger partial charge in [-0.1, -0.05) is 6.08 Å². The first-order valence-electron chi connectivity index (χ1n) is 4.44. The molecule has 3 atom stereocenters. The lowest BCUT2D eigenvalue weighted by molar-refractivity contribution is -0.138. The molecule has 0 aliphatic heterocycles. The fourth-order valence-corrected chi connectivity index (χ4v) is 1.65. The summed E-state index contributed by atoms with van der Waals surface area (Å²) in [5.74, 6) is -1.25. The summed E-state index contributed by atoms with van der Waals surface area (Å²) in [7, 11) is -4.54. The second kappa shape index (κ2) is 7.31. The normalized spacial score (nSPS) is 17.8. The minimum Gasteiger partial charge on any atom is -0.481 e. The molecule has 0 amide bonds. The number of carboxylic acids is 1. The average molecular weight is 268 g/mol. The Kier molecular flexibility index (Phi) is 6.86. The lowest BCUT2D eigenvalue weighted by Crippen LogP contribution is -2.18. The summed E-state index contributed by atoms with van der Waals surface area (Å²) in [6.45, 7) is 2.50. The van der Waals surface area contributed by atoms with Crippen LogP contribution < -0.4 is 0 Å². The first-order valence-corrected chi connectivity index (χ1v) is 5.93. The van der Waals surface area contributed by atoms with Crippen LogP contribution in [-0.4, -0.2) is 46.2 Å². The number of carboxylic acid groups (broad SMARTS) is 1. The molecule has 0 saturated heterocycles. The molecule has 0 bridgehead atoms. The van der Waals surface area contributed by atoms with E-state index in [0.29, 0.717) is 0 Å². The number of carbonyl (C=O) groups excluding carboxylic acids is 1. The van der Waals surface area contributed by atoms with Crippen LogP contribution in [0.1, 0.15) is 6.42 Å². The third-order valence-electron chi connectivity index (χ3n) is 1.47. The van der Waals surface area contributed by atoms with E-state index in [9.17, 15) is 14.2 Å². The maximum absolute atomic E-state index is 11.2. The number of aliphatic hydroxyl groups excluding tert-OH is 1. The SMILES string of the molecule is C=CC(CC(=O)O)OP(=O)(O)OCC(O)C=O. The molecule has 3 unspecified atom stereocenters. The number of aliphatic carboxylic acids is 1. The van der Waals surface area contributed by atoms with Gasteiger partial charge in [-0.25, -0.2) is 4.57 Å². The fraction of sp³-hybridized carbons (Fsp3) is 0.500.